The molecule has 4 aromatic rings. The number of hydrogen-bond acceptors (Lipinski definition) is 8. The molecule has 0 atom stereocenters. The van der Waals surface area contributed by atoms with Crippen LogP contribution in [-0.4, -0.2) is 55.6 Å². The van der Waals surface area contributed by atoms with Crippen LogP contribution in [0.2, 0.25) is 0 Å². The maximum Gasteiger partial charge on any atom is 0.341 e. The molecule has 1 aliphatic rings. The van der Waals surface area contributed by atoms with Crippen LogP contribution in [0.1, 0.15) is 54.4 Å². The van der Waals surface area contributed by atoms with E-state index in [9.17, 15) is 4.79 Å². The first kappa shape index (κ1) is 21.9. The van der Waals surface area contributed by atoms with Crippen LogP contribution in [0, 0.1) is 0 Å². The van der Waals surface area contributed by atoms with E-state index >= 15 is 0 Å². The van der Waals surface area contributed by atoms with E-state index in [1.165, 1.54) is 10.9 Å². The van der Waals surface area contributed by atoms with E-state index < -0.39 is 5.97 Å². The Morgan fingerprint density at radius 3 is 2.56 bits per heavy atom. The van der Waals surface area contributed by atoms with Gasteiger partial charge in [0, 0.05) is 18.7 Å². The van der Waals surface area contributed by atoms with Gasteiger partial charge in [-0.3, -0.25) is 0 Å². The molecule has 0 unspecified atom stereocenters. The molecule has 0 radical (unpaired) electrons. The minimum atomic E-state index is -0.445. The third-order valence-corrected chi connectivity index (χ3v) is 5.61. The van der Waals surface area contributed by atoms with Gasteiger partial charge in [0.15, 0.2) is 11.2 Å². The van der Waals surface area contributed by atoms with Gasteiger partial charge in [-0.05, 0) is 44.4 Å². The first-order valence-corrected chi connectivity index (χ1v) is 11.4. The predicted octanol–water partition coefficient (Wildman–Crippen LogP) is 3.52. The number of carbonyl (C=O) groups is 1. The highest BCUT2D eigenvalue weighted by Gasteiger charge is 2.32. The minimum Gasteiger partial charge on any atom is -0.497 e. The zero-order chi connectivity index (χ0) is 23.7. The number of hydrogen-bond donors (Lipinski definition) is 0. The quantitative estimate of drug-likeness (QED) is 0.348. The van der Waals surface area contributed by atoms with E-state index in [1.807, 2.05) is 31.2 Å². The highest BCUT2D eigenvalue weighted by atomic mass is 16.5. The number of nitrogens with zero attached hydrogens (tertiary/aromatic N) is 6. The van der Waals surface area contributed by atoms with E-state index in [0.717, 1.165) is 35.5 Å². The molecule has 0 aliphatic heterocycles. The molecule has 0 amide bonds. The summed E-state index contributed by atoms with van der Waals surface area (Å²) in [5.74, 6) is 2.45. The largest absolute Gasteiger partial charge is 0.497 e. The van der Waals surface area contributed by atoms with Crippen molar-refractivity contribution in [3.63, 3.8) is 0 Å². The number of esters is 1. The molecule has 1 aliphatic carbocycles. The van der Waals surface area contributed by atoms with E-state index in [4.69, 9.17) is 19.2 Å². The fraction of sp³-hybridized carbons (Fsp3) is 0.375. The molecule has 0 saturated heterocycles. The lowest BCUT2D eigenvalue weighted by molar-refractivity contribution is 0.0526. The lowest BCUT2D eigenvalue weighted by Crippen LogP contribution is -2.09. The number of rotatable bonds is 9. The van der Waals surface area contributed by atoms with Gasteiger partial charge in [-0.15, -0.1) is 0 Å². The molecular weight excluding hydrogens is 436 g/mol. The average molecular weight is 463 g/mol. The topological polar surface area (TPSA) is 106 Å². The van der Waals surface area contributed by atoms with E-state index in [0.29, 0.717) is 36.2 Å². The fourth-order valence-electron chi connectivity index (χ4n) is 3.83. The van der Waals surface area contributed by atoms with E-state index in [2.05, 4.69) is 19.6 Å². The molecule has 0 spiro atoms. The summed E-state index contributed by atoms with van der Waals surface area (Å²) in [6.45, 7) is 5.01. The van der Waals surface area contributed by atoms with Crippen LogP contribution in [-0.2, 0) is 11.3 Å². The average Bonchev–Trinajstić information content (AvgIpc) is 3.45. The summed E-state index contributed by atoms with van der Waals surface area (Å²) in [7, 11) is 1.65. The molecule has 1 aromatic carbocycles. The van der Waals surface area contributed by atoms with Crippen molar-refractivity contribution in [2.45, 2.75) is 39.2 Å². The lowest BCUT2D eigenvalue weighted by atomic mass is 10.2. The molecule has 1 saturated carbocycles. The van der Waals surface area contributed by atoms with Crippen LogP contribution in [0.5, 0.6) is 11.6 Å². The van der Waals surface area contributed by atoms with Crippen molar-refractivity contribution in [1.82, 2.24) is 29.3 Å². The zero-order valence-electron chi connectivity index (χ0n) is 19.4. The second kappa shape index (κ2) is 9.12. The monoisotopic (exact) mass is 462 g/mol. The van der Waals surface area contributed by atoms with Crippen molar-refractivity contribution in [1.29, 1.82) is 0 Å². The van der Waals surface area contributed by atoms with Crippen molar-refractivity contribution in [3.8, 4) is 17.6 Å². The van der Waals surface area contributed by atoms with Crippen molar-refractivity contribution < 1.29 is 19.0 Å². The Hall–Kier alpha value is -3.95. The molecule has 10 nitrogen and oxygen atoms in total. The second-order valence-corrected chi connectivity index (χ2v) is 8.01. The smallest absolute Gasteiger partial charge is 0.341 e. The number of benzene rings is 1. The Balaban J connectivity index is 1.59. The Labute approximate surface area is 196 Å². The molecule has 176 valence electrons. The molecule has 3 heterocycles. The molecule has 10 heteroatoms. The van der Waals surface area contributed by atoms with Crippen molar-refractivity contribution in [2.75, 3.05) is 20.3 Å². The van der Waals surface area contributed by atoms with Crippen LogP contribution in [0.25, 0.3) is 17.1 Å². The van der Waals surface area contributed by atoms with Crippen molar-refractivity contribution >= 4 is 17.1 Å². The van der Waals surface area contributed by atoms with E-state index in [-0.39, 0.29) is 12.6 Å². The summed E-state index contributed by atoms with van der Waals surface area (Å²) in [6, 6.07) is 7.97. The molecular formula is C24H26N6O4. The van der Waals surface area contributed by atoms with Crippen molar-refractivity contribution in [3.05, 3.63) is 53.6 Å². The molecule has 0 bridgehead atoms. The summed E-state index contributed by atoms with van der Waals surface area (Å²) in [5, 5.41) is 4.25. The first-order chi connectivity index (χ1) is 16.6. The Bertz CT molecular complexity index is 1320. The van der Waals surface area contributed by atoms with Gasteiger partial charge in [-0.2, -0.15) is 15.1 Å². The minimum absolute atomic E-state index is 0.281. The van der Waals surface area contributed by atoms with Crippen LogP contribution < -0.4 is 9.47 Å². The molecule has 34 heavy (non-hydrogen) atoms. The second-order valence-electron chi connectivity index (χ2n) is 8.01. The van der Waals surface area contributed by atoms with Crippen LogP contribution in [0.3, 0.4) is 0 Å². The third-order valence-electron chi connectivity index (χ3n) is 5.61. The van der Waals surface area contributed by atoms with E-state index in [1.54, 1.807) is 20.2 Å². The maximum absolute atomic E-state index is 12.1. The SMILES string of the molecule is CCOC(=O)c1cnn(-c2nc(OCC)c3c(n2)nc(C2CC2)n3Cc2ccc(OC)cc2)c1. The van der Waals surface area contributed by atoms with Crippen LogP contribution in [0.15, 0.2) is 36.7 Å². The highest BCUT2D eigenvalue weighted by Crippen LogP contribution is 2.42. The van der Waals surface area contributed by atoms with Gasteiger partial charge in [-0.25, -0.2) is 14.5 Å². The number of ether oxygens (including phenoxy) is 3. The van der Waals surface area contributed by atoms with Gasteiger partial charge >= 0.3 is 5.97 Å². The normalized spacial score (nSPS) is 13.3. The third kappa shape index (κ3) is 4.18. The van der Waals surface area contributed by atoms with Gasteiger partial charge in [0.1, 0.15) is 11.6 Å². The summed E-state index contributed by atoms with van der Waals surface area (Å²) >= 11 is 0. The van der Waals surface area contributed by atoms with Gasteiger partial charge in [0.2, 0.25) is 5.88 Å². The molecule has 1 fully saturated rings. The van der Waals surface area contributed by atoms with Gasteiger partial charge in [0.25, 0.3) is 5.95 Å². The lowest BCUT2D eigenvalue weighted by Gasteiger charge is -2.12. The van der Waals surface area contributed by atoms with Crippen LogP contribution in [0.4, 0.5) is 0 Å². The summed E-state index contributed by atoms with van der Waals surface area (Å²) < 4.78 is 19.9. The van der Waals surface area contributed by atoms with Gasteiger partial charge < -0.3 is 18.8 Å². The van der Waals surface area contributed by atoms with Gasteiger partial charge in [0.05, 0.1) is 32.1 Å². The van der Waals surface area contributed by atoms with Crippen molar-refractivity contribution in [2.24, 2.45) is 0 Å². The Kier molecular flexibility index (Phi) is 5.87. The summed E-state index contributed by atoms with van der Waals surface area (Å²) in [5.41, 5.74) is 2.73. The number of aromatic nitrogens is 6. The summed E-state index contributed by atoms with van der Waals surface area (Å²) in [4.78, 5) is 26.2. The van der Waals surface area contributed by atoms with Crippen LogP contribution >= 0.6 is 0 Å². The zero-order valence-corrected chi connectivity index (χ0v) is 19.4. The standard InChI is InChI=1S/C24H26N6O4/c1-4-33-22-19-20(27-24(28-22)30-14-17(12-25-30)23(31)34-5-2)26-21(16-8-9-16)29(19)13-15-6-10-18(32-3)11-7-15/h6-7,10-12,14,16H,4-5,8-9,13H2,1-3H3. The Morgan fingerprint density at radius 1 is 1.09 bits per heavy atom. The number of carbonyl (C=O) groups excluding carboxylic acids is 1. The number of fused-ring (bicyclic) bond motifs is 1. The number of methoxy groups -OCH3 is 1. The molecule has 3 aromatic heterocycles. The molecule has 0 N–H and O–H groups in total. The highest BCUT2D eigenvalue weighted by molar-refractivity contribution is 5.88. The molecule has 5 rings (SSSR count). The summed E-state index contributed by atoms with van der Waals surface area (Å²) in [6.07, 6.45) is 5.17. The predicted molar refractivity (Wildman–Crippen MR) is 124 cm³/mol. The maximum atomic E-state index is 12.1. The fourth-order valence-corrected chi connectivity index (χ4v) is 3.83. The Morgan fingerprint density at radius 2 is 1.88 bits per heavy atom. The van der Waals surface area contributed by atoms with Gasteiger partial charge in [-0.1, -0.05) is 12.1 Å². The first-order valence-electron chi connectivity index (χ1n) is 11.4. The number of imidazole rings is 1.